The molecule has 0 atom stereocenters. The largest absolute Gasteiger partial charge is 0.356 e. The van der Waals surface area contributed by atoms with E-state index in [9.17, 15) is 4.79 Å². The van der Waals surface area contributed by atoms with Crippen LogP contribution in [0.1, 0.15) is 13.3 Å². The van der Waals surface area contributed by atoms with Crippen molar-refractivity contribution in [2.75, 3.05) is 33.2 Å². The van der Waals surface area contributed by atoms with Gasteiger partial charge in [0, 0.05) is 32.6 Å². The van der Waals surface area contributed by atoms with Gasteiger partial charge in [0.1, 0.15) is 0 Å². The number of nitrogens with zero attached hydrogens (tertiary/aromatic N) is 1. The van der Waals surface area contributed by atoms with E-state index in [1.165, 1.54) is 0 Å². The van der Waals surface area contributed by atoms with E-state index in [4.69, 9.17) is 5.73 Å². The molecule has 0 bridgehead atoms. The molecule has 0 radical (unpaired) electrons. The summed E-state index contributed by atoms with van der Waals surface area (Å²) in [7, 11) is 1.96. The quantitative estimate of drug-likeness (QED) is 0.564. The molecule has 0 spiro atoms. The van der Waals surface area contributed by atoms with Gasteiger partial charge in [-0.15, -0.1) is 0 Å². The second kappa shape index (κ2) is 7.06. The average molecular weight is 173 g/mol. The predicted octanol–water partition coefficient (Wildman–Crippen LogP) is -0.597. The normalized spacial score (nSPS) is 10.3. The first kappa shape index (κ1) is 11.4. The van der Waals surface area contributed by atoms with Gasteiger partial charge < -0.3 is 16.0 Å². The zero-order valence-corrected chi connectivity index (χ0v) is 7.97. The van der Waals surface area contributed by atoms with Crippen LogP contribution < -0.4 is 11.1 Å². The number of carbonyl (C=O) groups excluding carboxylic acids is 1. The summed E-state index contributed by atoms with van der Waals surface area (Å²) in [6, 6.07) is 0. The third kappa shape index (κ3) is 6.12. The maximum atomic E-state index is 11.0. The number of hydrogen-bond donors (Lipinski definition) is 2. The first-order valence-corrected chi connectivity index (χ1v) is 4.36. The summed E-state index contributed by atoms with van der Waals surface area (Å²) in [6.45, 7) is 4.90. The van der Waals surface area contributed by atoms with Gasteiger partial charge in [-0.1, -0.05) is 0 Å². The lowest BCUT2D eigenvalue weighted by atomic mass is 10.3. The Kier molecular flexibility index (Phi) is 6.70. The molecule has 0 aromatic heterocycles. The van der Waals surface area contributed by atoms with Gasteiger partial charge in [0.15, 0.2) is 0 Å². The van der Waals surface area contributed by atoms with Crippen molar-refractivity contribution in [2.45, 2.75) is 13.3 Å². The highest BCUT2D eigenvalue weighted by Crippen LogP contribution is 1.85. The van der Waals surface area contributed by atoms with E-state index in [2.05, 4.69) is 10.2 Å². The highest BCUT2D eigenvalue weighted by Gasteiger charge is 2.01. The Morgan fingerprint density at radius 2 is 2.17 bits per heavy atom. The van der Waals surface area contributed by atoms with Crippen molar-refractivity contribution in [3.05, 3.63) is 0 Å². The fourth-order valence-electron chi connectivity index (χ4n) is 0.910. The number of nitrogens with one attached hydrogen (secondary N) is 1. The number of likely N-dealkylation sites (N-methyl/N-ethyl adjacent to an activating group) is 1. The van der Waals surface area contributed by atoms with E-state index >= 15 is 0 Å². The molecule has 0 aliphatic rings. The van der Waals surface area contributed by atoms with Crippen molar-refractivity contribution in [3.8, 4) is 0 Å². The van der Waals surface area contributed by atoms with Gasteiger partial charge in [-0.3, -0.25) is 4.79 Å². The molecule has 0 aromatic rings. The summed E-state index contributed by atoms with van der Waals surface area (Å²) in [6.07, 6.45) is 0.560. The molecular weight excluding hydrogens is 154 g/mol. The van der Waals surface area contributed by atoms with Crippen LogP contribution in [0.25, 0.3) is 0 Å². The van der Waals surface area contributed by atoms with Crippen molar-refractivity contribution in [2.24, 2.45) is 5.73 Å². The molecule has 1 amide bonds. The molecule has 0 rings (SSSR count). The van der Waals surface area contributed by atoms with E-state index < -0.39 is 0 Å². The van der Waals surface area contributed by atoms with Gasteiger partial charge in [0.25, 0.3) is 0 Å². The molecule has 0 heterocycles. The Bertz CT molecular complexity index is 127. The first-order chi connectivity index (χ1) is 5.70. The first-order valence-electron chi connectivity index (χ1n) is 4.36. The summed E-state index contributed by atoms with van der Waals surface area (Å²) >= 11 is 0. The minimum absolute atomic E-state index is 0.112. The molecule has 0 aliphatic heterocycles. The van der Waals surface area contributed by atoms with Crippen LogP contribution in [-0.4, -0.2) is 44.0 Å². The van der Waals surface area contributed by atoms with E-state index in [0.29, 0.717) is 19.5 Å². The van der Waals surface area contributed by atoms with Crippen LogP contribution >= 0.6 is 0 Å². The summed E-state index contributed by atoms with van der Waals surface area (Å²) in [5, 5.41) is 2.75. The highest BCUT2D eigenvalue weighted by molar-refractivity contribution is 5.75. The van der Waals surface area contributed by atoms with E-state index in [0.717, 1.165) is 13.1 Å². The maximum absolute atomic E-state index is 11.0. The molecule has 0 saturated carbocycles. The van der Waals surface area contributed by atoms with Gasteiger partial charge >= 0.3 is 0 Å². The fraction of sp³-hybridized carbons (Fsp3) is 0.875. The molecule has 3 N–H and O–H groups in total. The molecule has 0 fully saturated rings. The minimum Gasteiger partial charge on any atom is -0.356 e. The van der Waals surface area contributed by atoms with Gasteiger partial charge in [-0.05, 0) is 14.0 Å². The number of hydrogen-bond acceptors (Lipinski definition) is 3. The molecule has 0 aromatic carbocycles. The Balaban J connectivity index is 3.33. The van der Waals surface area contributed by atoms with Gasteiger partial charge in [0.05, 0.1) is 0 Å². The molecule has 4 nitrogen and oxygen atoms in total. The monoisotopic (exact) mass is 173 g/mol. The Morgan fingerprint density at radius 1 is 1.50 bits per heavy atom. The predicted molar refractivity (Wildman–Crippen MR) is 49.9 cm³/mol. The third-order valence-corrected chi connectivity index (χ3v) is 1.61. The lowest BCUT2D eigenvalue weighted by molar-refractivity contribution is -0.121. The Hall–Kier alpha value is -0.610. The van der Waals surface area contributed by atoms with Gasteiger partial charge in [-0.25, -0.2) is 0 Å². The van der Waals surface area contributed by atoms with Crippen molar-refractivity contribution >= 4 is 5.91 Å². The Morgan fingerprint density at radius 3 is 2.67 bits per heavy atom. The highest BCUT2D eigenvalue weighted by atomic mass is 16.1. The SMILES string of the molecule is CCNC(=O)CCN(C)CCN. The lowest BCUT2D eigenvalue weighted by Crippen LogP contribution is -2.31. The fourth-order valence-corrected chi connectivity index (χ4v) is 0.910. The van der Waals surface area contributed by atoms with E-state index in [1.807, 2.05) is 14.0 Å². The number of rotatable bonds is 6. The number of amides is 1. The van der Waals surface area contributed by atoms with Crippen molar-refractivity contribution in [3.63, 3.8) is 0 Å². The zero-order valence-electron chi connectivity index (χ0n) is 7.97. The van der Waals surface area contributed by atoms with Crippen LogP contribution in [0, 0.1) is 0 Å². The summed E-state index contributed by atoms with van der Waals surface area (Å²) in [5.74, 6) is 0.112. The maximum Gasteiger partial charge on any atom is 0.221 e. The third-order valence-electron chi connectivity index (χ3n) is 1.61. The summed E-state index contributed by atoms with van der Waals surface area (Å²) in [4.78, 5) is 13.0. The molecular formula is C8H19N3O. The van der Waals surface area contributed by atoms with Crippen LogP contribution in [0.4, 0.5) is 0 Å². The molecule has 12 heavy (non-hydrogen) atoms. The van der Waals surface area contributed by atoms with Crippen molar-refractivity contribution in [1.82, 2.24) is 10.2 Å². The van der Waals surface area contributed by atoms with Gasteiger partial charge in [0.2, 0.25) is 5.91 Å². The lowest BCUT2D eigenvalue weighted by Gasteiger charge is -2.14. The molecule has 0 unspecified atom stereocenters. The van der Waals surface area contributed by atoms with Crippen molar-refractivity contribution < 1.29 is 4.79 Å². The van der Waals surface area contributed by atoms with Crippen LogP contribution in [0.15, 0.2) is 0 Å². The topological polar surface area (TPSA) is 58.4 Å². The zero-order chi connectivity index (χ0) is 9.40. The standard InChI is InChI=1S/C8H19N3O/c1-3-10-8(12)4-6-11(2)7-5-9/h3-7,9H2,1-2H3,(H,10,12). The van der Waals surface area contributed by atoms with Crippen LogP contribution in [0.2, 0.25) is 0 Å². The molecule has 72 valence electrons. The second-order valence-electron chi connectivity index (χ2n) is 2.80. The summed E-state index contributed by atoms with van der Waals surface area (Å²) < 4.78 is 0. The van der Waals surface area contributed by atoms with Crippen LogP contribution in [0.5, 0.6) is 0 Å². The summed E-state index contributed by atoms with van der Waals surface area (Å²) in [5.41, 5.74) is 5.35. The minimum atomic E-state index is 0.112. The second-order valence-corrected chi connectivity index (χ2v) is 2.80. The average Bonchev–Trinajstić information content (AvgIpc) is 2.02. The molecule has 4 heteroatoms. The molecule has 0 saturated heterocycles. The van der Waals surface area contributed by atoms with Crippen molar-refractivity contribution in [1.29, 1.82) is 0 Å². The van der Waals surface area contributed by atoms with Crippen LogP contribution in [-0.2, 0) is 4.79 Å². The molecule has 0 aliphatic carbocycles. The number of nitrogens with two attached hydrogens (primary N) is 1. The van der Waals surface area contributed by atoms with Gasteiger partial charge in [-0.2, -0.15) is 0 Å². The number of carbonyl (C=O) groups is 1. The van der Waals surface area contributed by atoms with E-state index in [-0.39, 0.29) is 5.91 Å². The van der Waals surface area contributed by atoms with Crippen LogP contribution in [0.3, 0.4) is 0 Å². The Labute approximate surface area is 74.1 Å². The van der Waals surface area contributed by atoms with E-state index in [1.54, 1.807) is 0 Å². The smallest absolute Gasteiger partial charge is 0.221 e.